The van der Waals surface area contributed by atoms with E-state index in [1.807, 2.05) is 12.3 Å². The molecule has 2 aliphatic rings. The molecule has 120 valence electrons. The smallest absolute Gasteiger partial charge is 0.223 e. The van der Waals surface area contributed by atoms with Crippen LogP contribution in [0.15, 0.2) is 24.4 Å². The fourth-order valence-corrected chi connectivity index (χ4v) is 3.37. The highest BCUT2D eigenvalue weighted by atomic mass is 15.1. The molecule has 2 aromatic heterocycles. The second-order valence-electron chi connectivity index (χ2n) is 7.05. The van der Waals surface area contributed by atoms with Crippen LogP contribution < -0.4 is 5.32 Å². The topological polar surface area (TPSA) is 50.7 Å². The van der Waals surface area contributed by atoms with Crippen LogP contribution in [0.25, 0.3) is 0 Å². The molecule has 0 spiro atoms. The molecule has 0 aliphatic heterocycles. The highest BCUT2D eigenvalue weighted by Crippen LogP contribution is 2.43. The van der Waals surface area contributed by atoms with Crippen molar-refractivity contribution in [2.45, 2.75) is 57.9 Å². The molecule has 1 atom stereocenters. The van der Waals surface area contributed by atoms with Crippen LogP contribution in [0.4, 0.5) is 5.95 Å². The number of hydrogen-bond donors (Lipinski definition) is 1. The van der Waals surface area contributed by atoms with Crippen molar-refractivity contribution in [1.29, 1.82) is 0 Å². The summed E-state index contributed by atoms with van der Waals surface area (Å²) in [5.41, 5.74) is 4.64. The fraction of sp³-hybridized carbons (Fsp3) is 0.526. The van der Waals surface area contributed by atoms with E-state index in [0.29, 0.717) is 11.8 Å². The summed E-state index contributed by atoms with van der Waals surface area (Å²) in [5, 5.41) is 3.60. The van der Waals surface area contributed by atoms with Crippen LogP contribution in [0, 0.1) is 19.8 Å². The first-order valence-electron chi connectivity index (χ1n) is 8.74. The number of aromatic nitrogens is 3. The number of pyridine rings is 1. The lowest BCUT2D eigenvalue weighted by Crippen LogP contribution is -2.19. The molecule has 0 aromatic carbocycles. The van der Waals surface area contributed by atoms with E-state index in [9.17, 15) is 0 Å². The molecule has 1 N–H and O–H groups in total. The Morgan fingerprint density at radius 3 is 2.61 bits per heavy atom. The molecule has 0 radical (unpaired) electrons. The molecule has 4 nitrogen and oxygen atoms in total. The number of nitrogens with zero attached hydrogens (tertiary/aromatic N) is 3. The molecule has 2 aliphatic carbocycles. The Kier molecular flexibility index (Phi) is 3.76. The summed E-state index contributed by atoms with van der Waals surface area (Å²) in [7, 11) is 0. The van der Waals surface area contributed by atoms with Crippen LogP contribution in [0.3, 0.4) is 0 Å². The second kappa shape index (κ2) is 5.91. The van der Waals surface area contributed by atoms with E-state index in [0.717, 1.165) is 17.3 Å². The van der Waals surface area contributed by atoms with Gasteiger partial charge in [0.2, 0.25) is 5.95 Å². The number of rotatable bonds is 5. The average molecular weight is 308 g/mol. The summed E-state index contributed by atoms with van der Waals surface area (Å²) in [4.78, 5) is 14.1. The van der Waals surface area contributed by atoms with Crippen LogP contribution in [-0.4, -0.2) is 15.0 Å². The normalized spacial score (nSPS) is 19.2. The first-order valence-corrected chi connectivity index (χ1v) is 8.74. The number of nitrogens with one attached hydrogen (secondary N) is 1. The SMILES string of the molecule is Cc1cc(C2CCC2)nc(NC(c2ncccc2C)C2CC2)n1. The van der Waals surface area contributed by atoms with Crippen LogP contribution in [0.1, 0.15) is 66.7 Å². The van der Waals surface area contributed by atoms with Crippen LogP contribution in [-0.2, 0) is 0 Å². The molecular weight excluding hydrogens is 284 g/mol. The van der Waals surface area contributed by atoms with Gasteiger partial charge in [-0.2, -0.15) is 0 Å². The van der Waals surface area contributed by atoms with Crippen LogP contribution in [0.2, 0.25) is 0 Å². The minimum Gasteiger partial charge on any atom is -0.346 e. The monoisotopic (exact) mass is 308 g/mol. The van der Waals surface area contributed by atoms with E-state index >= 15 is 0 Å². The lowest BCUT2D eigenvalue weighted by molar-refractivity contribution is 0.410. The molecule has 4 heteroatoms. The molecule has 2 fully saturated rings. The first kappa shape index (κ1) is 14.6. The molecule has 0 bridgehead atoms. The molecule has 0 saturated heterocycles. The lowest BCUT2D eigenvalue weighted by Gasteiger charge is -2.26. The zero-order chi connectivity index (χ0) is 15.8. The minimum absolute atomic E-state index is 0.229. The van der Waals surface area contributed by atoms with Crippen molar-refractivity contribution in [1.82, 2.24) is 15.0 Å². The Morgan fingerprint density at radius 1 is 1.13 bits per heavy atom. The lowest BCUT2D eigenvalue weighted by atomic mass is 9.83. The van der Waals surface area contributed by atoms with E-state index in [1.165, 1.54) is 43.4 Å². The molecule has 23 heavy (non-hydrogen) atoms. The van der Waals surface area contributed by atoms with Gasteiger partial charge in [0.25, 0.3) is 0 Å². The van der Waals surface area contributed by atoms with Gasteiger partial charge >= 0.3 is 0 Å². The maximum absolute atomic E-state index is 4.81. The molecule has 0 amide bonds. The number of aryl methyl sites for hydroxylation is 2. The summed E-state index contributed by atoms with van der Waals surface area (Å²) < 4.78 is 0. The van der Waals surface area contributed by atoms with E-state index in [4.69, 9.17) is 4.98 Å². The first-order chi connectivity index (χ1) is 11.2. The van der Waals surface area contributed by atoms with Gasteiger partial charge in [0.15, 0.2) is 0 Å². The van der Waals surface area contributed by atoms with Gasteiger partial charge in [-0.1, -0.05) is 12.5 Å². The zero-order valence-corrected chi connectivity index (χ0v) is 13.9. The Bertz CT molecular complexity index is 704. The van der Waals surface area contributed by atoms with Crippen LogP contribution in [0.5, 0.6) is 0 Å². The Hall–Kier alpha value is -1.97. The van der Waals surface area contributed by atoms with Gasteiger partial charge in [-0.05, 0) is 63.1 Å². The Morgan fingerprint density at radius 2 is 1.96 bits per heavy atom. The summed E-state index contributed by atoms with van der Waals surface area (Å²) in [6, 6.07) is 6.51. The zero-order valence-electron chi connectivity index (χ0n) is 13.9. The predicted octanol–water partition coefficient (Wildman–Crippen LogP) is 4.32. The third kappa shape index (κ3) is 3.07. The van der Waals surface area contributed by atoms with Crippen molar-refractivity contribution in [3.05, 3.63) is 47.0 Å². The molecule has 2 aromatic rings. The third-order valence-electron chi connectivity index (χ3n) is 5.12. The standard InChI is InChI=1S/C19H24N4/c1-12-5-4-10-20-17(12)18(15-8-9-15)23-19-21-13(2)11-16(22-19)14-6-3-7-14/h4-5,10-11,14-15,18H,3,6-9H2,1-2H3,(H,21,22,23). The summed E-state index contributed by atoms with van der Waals surface area (Å²) in [6.07, 6.45) is 8.26. The highest BCUT2D eigenvalue weighted by Gasteiger charge is 2.34. The fourth-order valence-electron chi connectivity index (χ4n) is 3.37. The van der Waals surface area contributed by atoms with Crippen molar-refractivity contribution in [3.8, 4) is 0 Å². The van der Waals surface area contributed by atoms with Crippen molar-refractivity contribution in [3.63, 3.8) is 0 Å². The van der Waals surface area contributed by atoms with Gasteiger partial charge in [-0.25, -0.2) is 9.97 Å². The van der Waals surface area contributed by atoms with Crippen LogP contribution >= 0.6 is 0 Å². The van der Waals surface area contributed by atoms with Gasteiger partial charge in [-0.15, -0.1) is 0 Å². The number of anilines is 1. The van der Waals surface area contributed by atoms with E-state index in [-0.39, 0.29) is 6.04 Å². The van der Waals surface area contributed by atoms with Gasteiger partial charge < -0.3 is 5.32 Å². The van der Waals surface area contributed by atoms with Crippen molar-refractivity contribution < 1.29 is 0 Å². The van der Waals surface area contributed by atoms with Crippen molar-refractivity contribution in [2.75, 3.05) is 5.32 Å². The maximum atomic E-state index is 4.81. The summed E-state index contributed by atoms with van der Waals surface area (Å²) >= 11 is 0. The largest absolute Gasteiger partial charge is 0.346 e. The van der Waals surface area contributed by atoms with Gasteiger partial charge in [0.1, 0.15) is 0 Å². The van der Waals surface area contributed by atoms with Gasteiger partial charge in [-0.3, -0.25) is 4.98 Å². The van der Waals surface area contributed by atoms with Gasteiger partial charge in [0, 0.05) is 23.5 Å². The average Bonchev–Trinajstić information content (AvgIpc) is 3.28. The highest BCUT2D eigenvalue weighted by molar-refractivity contribution is 5.36. The van der Waals surface area contributed by atoms with E-state index in [2.05, 4.69) is 41.3 Å². The molecule has 2 saturated carbocycles. The third-order valence-corrected chi connectivity index (χ3v) is 5.12. The Labute approximate surface area is 137 Å². The summed E-state index contributed by atoms with van der Waals surface area (Å²) in [5.74, 6) is 2.06. The Balaban J connectivity index is 1.62. The predicted molar refractivity (Wildman–Crippen MR) is 91.4 cm³/mol. The maximum Gasteiger partial charge on any atom is 0.223 e. The molecule has 1 unspecified atom stereocenters. The van der Waals surface area contributed by atoms with E-state index < -0.39 is 0 Å². The van der Waals surface area contributed by atoms with Crippen molar-refractivity contribution in [2.24, 2.45) is 5.92 Å². The quantitative estimate of drug-likeness (QED) is 0.893. The molecule has 2 heterocycles. The molecule has 4 rings (SSSR count). The molecular formula is C19H24N4. The van der Waals surface area contributed by atoms with Crippen molar-refractivity contribution >= 4 is 5.95 Å². The minimum atomic E-state index is 0.229. The number of hydrogen-bond acceptors (Lipinski definition) is 4. The van der Waals surface area contributed by atoms with Gasteiger partial charge in [0.05, 0.1) is 11.7 Å². The van der Waals surface area contributed by atoms with E-state index in [1.54, 1.807) is 0 Å². The summed E-state index contributed by atoms with van der Waals surface area (Å²) in [6.45, 7) is 4.20. The second-order valence-corrected chi connectivity index (χ2v) is 7.05.